The Morgan fingerprint density at radius 1 is 1.44 bits per heavy atom. The van der Waals surface area contributed by atoms with E-state index in [4.69, 9.17) is 0 Å². The van der Waals surface area contributed by atoms with E-state index in [1.807, 2.05) is 11.9 Å². The minimum absolute atomic E-state index is 0.0226. The molecule has 1 aromatic heterocycles. The molecule has 0 radical (unpaired) electrons. The van der Waals surface area contributed by atoms with Crippen LogP contribution < -0.4 is 4.90 Å². The van der Waals surface area contributed by atoms with Gasteiger partial charge in [0.25, 0.3) is 0 Å². The van der Waals surface area contributed by atoms with Crippen molar-refractivity contribution in [2.75, 3.05) is 18.5 Å². The second kappa shape index (κ2) is 6.20. The molecule has 0 saturated carbocycles. The van der Waals surface area contributed by atoms with Gasteiger partial charge in [0.1, 0.15) is 5.69 Å². The van der Waals surface area contributed by atoms with E-state index in [9.17, 15) is 4.79 Å². The van der Waals surface area contributed by atoms with Crippen molar-refractivity contribution < 1.29 is 4.79 Å². The maximum absolute atomic E-state index is 11.2. The van der Waals surface area contributed by atoms with Crippen molar-refractivity contribution in [3.63, 3.8) is 0 Å². The summed E-state index contributed by atoms with van der Waals surface area (Å²) in [6.07, 6.45) is 5.16. The van der Waals surface area contributed by atoms with Gasteiger partial charge < -0.3 is 4.90 Å². The van der Waals surface area contributed by atoms with Crippen molar-refractivity contribution in [1.29, 1.82) is 0 Å². The van der Waals surface area contributed by atoms with Crippen LogP contribution in [0.3, 0.4) is 0 Å². The number of hydrogen-bond acceptors (Lipinski definition) is 4. The second-order valence-corrected chi connectivity index (χ2v) is 3.93. The molecule has 4 heteroatoms. The SMILES string of the molecule is CCCCCN(C)c1nccc(C(C)=O)n1. The van der Waals surface area contributed by atoms with Gasteiger partial charge in [0.05, 0.1) is 0 Å². The lowest BCUT2D eigenvalue weighted by Crippen LogP contribution is -2.21. The molecule has 0 bridgehead atoms. The average Bonchev–Trinajstić information content (AvgIpc) is 2.29. The average molecular weight is 221 g/mol. The largest absolute Gasteiger partial charge is 0.344 e. The van der Waals surface area contributed by atoms with Crippen LogP contribution in [0.25, 0.3) is 0 Å². The number of unbranched alkanes of at least 4 members (excludes halogenated alkanes) is 2. The fourth-order valence-corrected chi connectivity index (χ4v) is 1.43. The molecule has 1 aromatic rings. The summed E-state index contributed by atoms with van der Waals surface area (Å²) in [5.74, 6) is 0.606. The molecule has 0 saturated heterocycles. The quantitative estimate of drug-likeness (QED) is 0.546. The molecular formula is C12H19N3O. The topological polar surface area (TPSA) is 46.1 Å². The zero-order valence-corrected chi connectivity index (χ0v) is 10.2. The molecular weight excluding hydrogens is 202 g/mol. The third-order valence-electron chi connectivity index (χ3n) is 2.44. The summed E-state index contributed by atoms with van der Waals surface area (Å²) in [6.45, 7) is 4.62. The number of aromatic nitrogens is 2. The lowest BCUT2D eigenvalue weighted by atomic mass is 10.2. The molecule has 16 heavy (non-hydrogen) atoms. The van der Waals surface area contributed by atoms with E-state index in [-0.39, 0.29) is 5.78 Å². The number of hydrogen-bond donors (Lipinski definition) is 0. The van der Waals surface area contributed by atoms with E-state index in [2.05, 4.69) is 16.9 Å². The number of carbonyl (C=O) groups excluding carboxylic acids is 1. The first kappa shape index (κ1) is 12.6. The molecule has 0 fully saturated rings. The molecule has 1 rings (SSSR count). The highest BCUT2D eigenvalue weighted by atomic mass is 16.1. The Kier molecular flexibility index (Phi) is 4.89. The smallest absolute Gasteiger partial charge is 0.225 e. The van der Waals surface area contributed by atoms with Crippen LogP contribution in [0.15, 0.2) is 12.3 Å². The van der Waals surface area contributed by atoms with Gasteiger partial charge in [-0.25, -0.2) is 9.97 Å². The number of nitrogens with zero attached hydrogens (tertiary/aromatic N) is 3. The Morgan fingerprint density at radius 3 is 2.81 bits per heavy atom. The van der Waals surface area contributed by atoms with Crippen LogP contribution in [0.5, 0.6) is 0 Å². The minimum atomic E-state index is -0.0226. The number of ketones is 1. The van der Waals surface area contributed by atoms with E-state index in [0.717, 1.165) is 13.0 Å². The molecule has 1 heterocycles. The standard InChI is InChI=1S/C12H19N3O/c1-4-5-6-9-15(3)12-13-8-7-11(14-12)10(2)16/h7-8H,4-6,9H2,1-3H3. The lowest BCUT2D eigenvalue weighted by Gasteiger charge is -2.16. The maximum Gasteiger partial charge on any atom is 0.225 e. The molecule has 0 amide bonds. The predicted molar refractivity (Wildman–Crippen MR) is 64.8 cm³/mol. The molecule has 0 unspecified atom stereocenters. The first-order chi connectivity index (χ1) is 7.65. The Balaban J connectivity index is 2.64. The van der Waals surface area contributed by atoms with Crippen molar-refractivity contribution in [3.05, 3.63) is 18.0 Å². The van der Waals surface area contributed by atoms with Gasteiger partial charge in [-0.05, 0) is 12.5 Å². The number of anilines is 1. The van der Waals surface area contributed by atoms with Crippen molar-refractivity contribution in [2.24, 2.45) is 0 Å². The Hall–Kier alpha value is -1.45. The molecule has 88 valence electrons. The molecule has 0 atom stereocenters. The Bertz CT molecular complexity index is 352. The second-order valence-electron chi connectivity index (χ2n) is 3.93. The van der Waals surface area contributed by atoms with Gasteiger partial charge in [0.2, 0.25) is 5.95 Å². The summed E-state index contributed by atoms with van der Waals surface area (Å²) in [5.41, 5.74) is 0.479. The van der Waals surface area contributed by atoms with Gasteiger partial charge in [-0.3, -0.25) is 4.79 Å². The fraction of sp³-hybridized carbons (Fsp3) is 0.583. The first-order valence-corrected chi connectivity index (χ1v) is 5.70. The summed E-state index contributed by atoms with van der Waals surface area (Å²) in [6, 6.07) is 1.64. The van der Waals surface area contributed by atoms with Crippen LogP contribution in [-0.2, 0) is 0 Å². The van der Waals surface area contributed by atoms with Gasteiger partial charge in [0.15, 0.2) is 5.78 Å². The minimum Gasteiger partial charge on any atom is -0.344 e. The van der Waals surface area contributed by atoms with E-state index < -0.39 is 0 Å². The van der Waals surface area contributed by atoms with Crippen LogP contribution in [0.2, 0.25) is 0 Å². The first-order valence-electron chi connectivity index (χ1n) is 5.70. The van der Waals surface area contributed by atoms with Crippen LogP contribution in [0, 0.1) is 0 Å². The highest BCUT2D eigenvalue weighted by molar-refractivity contribution is 5.92. The number of Topliss-reactive ketones (excluding diaryl/α,β-unsaturated/α-hetero) is 1. The number of rotatable bonds is 6. The van der Waals surface area contributed by atoms with Gasteiger partial charge in [0, 0.05) is 26.7 Å². The fourth-order valence-electron chi connectivity index (χ4n) is 1.43. The molecule has 4 nitrogen and oxygen atoms in total. The summed E-state index contributed by atoms with van der Waals surface area (Å²) < 4.78 is 0. The summed E-state index contributed by atoms with van der Waals surface area (Å²) in [4.78, 5) is 21.5. The van der Waals surface area contributed by atoms with Crippen molar-refractivity contribution >= 4 is 11.7 Å². The van der Waals surface area contributed by atoms with E-state index in [0.29, 0.717) is 11.6 Å². The monoisotopic (exact) mass is 221 g/mol. The molecule has 0 aliphatic carbocycles. The molecule has 0 aliphatic rings. The van der Waals surface area contributed by atoms with Crippen LogP contribution in [0.1, 0.15) is 43.6 Å². The van der Waals surface area contributed by atoms with Gasteiger partial charge in [-0.1, -0.05) is 19.8 Å². The van der Waals surface area contributed by atoms with Crippen molar-refractivity contribution in [1.82, 2.24) is 9.97 Å². The van der Waals surface area contributed by atoms with E-state index >= 15 is 0 Å². The van der Waals surface area contributed by atoms with Crippen LogP contribution >= 0.6 is 0 Å². The van der Waals surface area contributed by atoms with Gasteiger partial charge >= 0.3 is 0 Å². The molecule has 0 N–H and O–H groups in total. The van der Waals surface area contributed by atoms with Crippen molar-refractivity contribution in [3.8, 4) is 0 Å². The Morgan fingerprint density at radius 2 is 2.19 bits per heavy atom. The van der Waals surface area contributed by atoms with E-state index in [1.54, 1.807) is 12.3 Å². The van der Waals surface area contributed by atoms with Crippen LogP contribution in [-0.4, -0.2) is 29.3 Å². The Labute approximate surface area is 96.7 Å². The summed E-state index contributed by atoms with van der Waals surface area (Å²) >= 11 is 0. The zero-order valence-electron chi connectivity index (χ0n) is 10.2. The lowest BCUT2D eigenvalue weighted by molar-refractivity contribution is 0.101. The number of carbonyl (C=O) groups is 1. The van der Waals surface area contributed by atoms with E-state index in [1.165, 1.54) is 19.8 Å². The third-order valence-corrected chi connectivity index (χ3v) is 2.44. The van der Waals surface area contributed by atoms with Gasteiger partial charge in [-0.15, -0.1) is 0 Å². The maximum atomic E-state index is 11.2. The summed E-state index contributed by atoms with van der Waals surface area (Å²) in [5, 5.41) is 0. The van der Waals surface area contributed by atoms with Crippen molar-refractivity contribution in [2.45, 2.75) is 33.1 Å². The highest BCUT2D eigenvalue weighted by Gasteiger charge is 2.07. The molecule has 0 spiro atoms. The third kappa shape index (κ3) is 3.61. The highest BCUT2D eigenvalue weighted by Crippen LogP contribution is 2.07. The summed E-state index contributed by atoms with van der Waals surface area (Å²) in [7, 11) is 1.95. The van der Waals surface area contributed by atoms with Gasteiger partial charge in [-0.2, -0.15) is 0 Å². The zero-order chi connectivity index (χ0) is 12.0. The molecule has 0 aromatic carbocycles. The normalized spacial score (nSPS) is 10.2. The predicted octanol–water partition coefficient (Wildman–Crippen LogP) is 2.31. The van der Waals surface area contributed by atoms with Crippen LogP contribution in [0.4, 0.5) is 5.95 Å². The molecule has 0 aliphatic heterocycles.